The van der Waals surface area contributed by atoms with Gasteiger partial charge in [0.2, 0.25) is 0 Å². The number of anilines is 1. The van der Waals surface area contributed by atoms with Crippen molar-refractivity contribution in [3.05, 3.63) is 52.8 Å². The summed E-state index contributed by atoms with van der Waals surface area (Å²) in [6, 6.07) is 6.54. The van der Waals surface area contributed by atoms with E-state index in [1.807, 2.05) is 4.90 Å². The SMILES string of the molecule is COc1ccc(Cl)cc1NC(=O)c1cncc(C(=O)N2CCCCCC2)c1. The lowest BCUT2D eigenvalue weighted by Crippen LogP contribution is -2.32. The van der Waals surface area contributed by atoms with Gasteiger partial charge in [0.05, 0.1) is 23.9 Å². The van der Waals surface area contributed by atoms with Gasteiger partial charge in [-0.3, -0.25) is 14.6 Å². The molecule has 1 aliphatic heterocycles. The summed E-state index contributed by atoms with van der Waals surface area (Å²) in [5, 5.41) is 3.24. The number of halogens is 1. The topological polar surface area (TPSA) is 71.5 Å². The Hall–Kier alpha value is -2.60. The Morgan fingerprint density at radius 3 is 2.48 bits per heavy atom. The van der Waals surface area contributed by atoms with E-state index in [1.165, 1.54) is 19.5 Å². The lowest BCUT2D eigenvalue weighted by molar-refractivity contribution is 0.0761. The second-order valence-electron chi connectivity index (χ2n) is 6.47. The number of benzene rings is 1. The van der Waals surface area contributed by atoms with Crippen LogP contribution in [0.3, 0.4) is 0 Å². The molecular formula is C20H22ClN3O3. The summed E-state index contributed by atoms with van der Waals surface area (Å²) in [7, 11) is 1.51. The van der Waals surface area contributed by atoms with Crippen LogP contribution in [0.1, 0.15) is 46.4 Å². The molecule has 0 radical (unpaired) electrons. The Balaban J connectivity index is 1.77. The predicted molar refractivity (Wildman–Crippen MR) is 105 cm³/mol. The summed E-state index contributed by atoms with van der Waals surface area (Å²) in [5.74, 6) is 0.0328. The molecule has 2 aromatic rings. The average Bonchev–Trinajstić information content (AvgIpc) is 2.97. The third kappa shape index (κ3) is 4.77. The normalized spacial score (nSPS) is 14.4. The van der Waals surface area contributed by atoms with E-state index in [9.17, 15) is 9.59 Å². The number of hydrogen-bond donors (Lipinski definition) is 1. The van der Waals surface area contributed by atoms with Gasteiger partial charge in [0.1, 0.15) is 5.75 Å². The van der Waals surface area contributed by atoms with Crippen molar-refractivity contribution < 1.29 is 14.3 Å². The molecule has 1 saturated heterocycles. The first kappa shape index (κ1) is 19.2. The number of methoxy groups -OCH3 is 1. The molecule has 7 heteroatoms. The van der Waals surface area contributed by atoms with E-state index in [0.717, 1.165) is 38.8 Å². The van der Waals surface area contributed by atoms with E-state index in [-0.39, 0.29) is 11.8 Å². The Bertz CT molecular complexity index is 833. The van der Waals surface area contributed by atoms with E-state index in [4.69, 9.17) is 16.3 Å². The molecule has 6 nitrogen and oxygen atoms in total. The van der Waals surface area contributed by atoms with Crippen molar-refractivity contribution in [1.29, 1.82) is 0 Å². The first-order valence-electron chi connectivity index (χ1n) is 8.97. The minimum Gasteiger partial charge on any atom is -0.495 e. The van der Waals surface area contributed by atoms with E-state index >= 15 is 0 Å². The molecule has 142 valence electrons. The third-order valence-corrected chi connectivity index (χ3v) is 4.79. The molecule has 0 atom stereocenters. The van der Waals surface area contributed by atoms with Gasteiger partial charge in [-0.25, -0.2) is 0 Å². The summed E-state index contributed by atoms with van der Waals surface area (Å²) in [6.07, 6.45) is 7.25. The highest BCUT2D eigenvalue weighted by Gasteiger charge is 2.19. The number of carbonyl (C=O) groups excluding carboxylic acids is 2. The summed E-state index contributed by atoms with van der Waals surface area (Å²) in [4.78, 5) is 31.3. The zero-order valence-corrected chi connectivity index (χ0v) is 16.0. The average molecular weight is 388 g/mol. The summed E-state index contributed by atoms with van der Waals surface area (Å²) >= 11 is 6.00. The molecule has 1 aliphatic rings. The van der Waals surface area contributed by atoms with Crippen LogP contribution in [0.2, 0.25) is 5.02 Å². The number of carbonyl (C=O) groups is 2. The molecule has 2 amide bonds. The van der Waals surface area contributed by atoms with E-state index < -0.39 is 0 Å². The first-order chi connectivity index (χ1) is 13.1. The van der Waals surface area contributed by atoms with Crippen LogP contribution in [0.15, 0.2) is 36.7 Å². The van der Waals surface area contributed by atoms with Gasteiger partial charge in [0.15, 0.2) is 0 Å². The molecule has 0 aliphatic carbocycles. The molecule has 1 aromatic heterocycles. The second-order valence-corrected chi connectivity index (χ2v) is 6.90. The quantitative estimate of drug-likeness (QED) is 0.860. The van der Waals surface area contributed by atoms with Gasteiger partial charge in [0, 0.05) is 30.5 Å². The molecule has 0 saturated carbocycles. The first-order valence-corrected chi connectivity index (χ1v) is 9.35. The van der Waals surface area contributed by atoms with Crippen molar-refractivity contribution in [2.75, 3.05) is 25.5 Å². The minimum atomic E-state index is -0.381. The number of amides is 2. The van der Waals surface area contributed by atoms with Gasteiger partial charge in [-0.2, -0.15) is 0 Å². The number of pyridine rings is 1. The predicted octanol–water partition coefficient (Wildman–Crippen LogP) is 4.01. The fourth-order valence-electron chi connectivity index (χ4n) is 3.11. The minimum absolute atomic E-state index is 0.0839. The number of nitrogens with zero attached hydrogens (tertiary/aromatic N) is 2. The second kappa shape index (κ2) is 8.86. The van der Waals surface area contributed by atoms with Crippen molar-refractivity contribution in [1.82, 2.24) is 9.88 Å². The maximum atomic E-state index is 12.7. The lowest BCUT2D eigenvalue weighted by atomic mass is 10.1. The molecule has 1 fully saturated rings. The van der Waals surface area contributed by atoms with Crippen LogP contribution >= 0.6 is 11.6 Å². The van der Waals surface area contributed by atoms with Crippen molar-refractivity contribution in [3.63, 3.8) is 0 Å². The maximum Gasteiger partial charge on any atom is 0.257 e. The van der Waals surface area contributed by atoms with Crippen LogP contribution in [0.5, 0.6) is 5.75 Å². The highest BCUT2D eigenvalue weighted by Crippen LogP contribution is 2.28. The van der Waals surface area contributed by atoms with Crippen LogP contribution in [0.4, 0.5) is 5.69 Å². The summed E-state index contributed by atoms with van der Waals surface area (Å²) < 4.78 is 5.24. The summed E-state index contributed by atoms with van der Waals surface area (Å²) in [6.45, 7) is 1.49. The molecule has 0 bridgehead atoms. The monoisotopic (exact) mass is 387 g/mol. The van der Waals surface area contributed by atoms with Crippen molar-refractivity contribution in [3.8, 4) is 5.75 Å². The Morgan fingerprint density at radius 1 is 1.07 bits per heavy atom. The van der Waals surface area contributed by atoms with Crippen molar-refractivity contribution in [2.24, 2.45) is 0 Å². The molecule has 27 heavy (non-hydrogen) atoms. The molecule has 1 aromatic carbocycles. The fourth-order valence-corrected chi connectivity index (χ4v) is 3.28. The number of hydrogen-bond acceptors (Lipinski definition) is 4. The number of likely N-dealkylation sites (tertiary alicyclic amines) is 1. The largest absolute Gasteiger partial charge is 0.495 e. The molecule has 0 unspecified atom stereocenters. The van der Waals surface area contributed by atoms with E-state index in [2.05, 4.69) is 10.3 Å². The Labute approximate surface area is 163 Å². The van der Waals surface area contributed by atoms with E-state index in [1.54, 1.807) is 24.3 Å². The Morgan fingerprint density at radius 2 is 1.78 bits per heavy atom. The zero-order valence-electron chi connectivity index (χ0n) is 15.2. The van der Waals surface area contributed by atoms with Gasteiger partial charge < -0.3 is 15.0 Å². The molecule has 2 heterocycles. The van der Waals surface area contributed by atoms with E-state index in [0.29, 0.717) is 27.6 Å². The van der Waals surface area contributed by atoms with Gasteiger partial charge >= 0.3 is 0 Å². The van der Waals surface area contributed by atoms with Crippen molar-refractivity contribution in [2.45, 2.75) is 25.7 Å². The maximum absolute atomic E-state index is 12.7. The van der Waals surface area contributed by atoms with Crippen LogP contribution in [0, 0.1) is 0 Å². The number of nitrogens with one attached hydrogen (secondary N) is 1. The standard InChI is InChI=1S/C20H22ClN3O3/c1-27-18-7-6-16(21)11-17(18)23-19(25)14-10-15(13-22-12-14)20(26)24-8-4-2-3-5-9-24/h6-7,10-13H,2-5,8-9H2,1H3,(H,23,25). The van der Waals surface area contributed by atoms with Gasteiger partial charge in [-0.15, -0.1) is 0 Å². The zero-order chi connectivity index (χ0) is 19.2. The molecule has 3 rings (SSSR count). The van der Waals surface area contributed by atoms with Gasteiger partial charge in [-0.05, 0) is 37.1 Å². The highest BCUT2D eigenvalue weighted by molar-refractivity contribution is 6.31. The van der Waals surface area contributed by atoms with Crippen LogP contribution < -0.4 is 10.1 Å². The summed E-state index contributed by atoms with van der Waals surface area (Å²) in [5.41, 5.74) is 1.18. The molecule has 0 spiro atoms. The highest BCUT2D eigenvalue weighted by atomic mass is 35.5. The smallest absolute Gasteiger partial charge is 0.257 e. The van der Waals surface area contributed by atoms with Gasteiger partial charge in [-0.1, -0.05) is 24.4 Å². The molecule has 1 N–H and O–H groups in total. The fraction of sp³-hybridized carbons (Fsp3) is 0.350. The van der Waals surface area contributed by atoms with Crippen LogP contribution in [-0.2, 0) is 0 Å². The third-order valence-electron chi connectivity index (χ3n) is 4.55. The van der Waals surface area contributed by atoms with Crippen LogP contribution in [-0.4, -0.2) is 41.9 Å². The van der Waals surface area contributed by atoms with Crippen LogP contribution in [0.25, 0.3) is 0 Å². The number of aromatic nitrogens is 1. The van der Waals surface area contributed by atoms with Gasteiger partial charge in [0.25, 0.3) is 11.8 Å². The Kier molecular flexibility index (Phi) is 6.29. The number of ether oxygens (including phenoxy) is 1. The molecular weight excluding hydrogens is 366 g/mol. The lowest BCUT2D eigenvalue weighted by Gasteiger charge is -2.20. The number of rotatable bonds is 4. The van der Waals surface area contributed by atoms with Crippen molar-refractivity contribution >= 4 is 29.1 Å².